The average molecular weight is 326 g/mol. The fraction of sp³-hybridized carbons (Fsp3) is 0.286. The number of halogens is 1. The van der Waals surface area contributed by atoms with E-state index in [0.29, 0.717) is 6.61 Å². The lowest BCUT2D eigenvalue weighted by atomic mass is 10.1. The highest BCUT2D eigenvalue weighted by molar-refractivity contribution is 9.10. The van der Waals surface area contributed by atoms with Gasteiger partial charge in [-0.25, -0.2) is 0 Å². The molecule has 1 unspecified atom stereocenters. The van der Waals surface area contributed by atoms with Crippen LogP contribution in [0.3, 0.4) is 0 Å². The zero-order chi connectivity index (χ0) is 13.1. The minimum atomic E-state index is -0.0185. The molecule has 0 aliphatic rings. The zero-order valence-electron chi connectivity index (χ0n) is 10.4. The van der Waals surface area contributed by atoms with Crippen LogP contribution in [0.1, 0.15) is 29.0 Å². The Kier molecular flexibility index (Phi) is 4.43. The number of hydrogen-bond acceptors (Lipinski definition) is 3. The molecule has 0 aliphatic heterocycles. The number of thiophene rings is 1. The summed E-state index contributed by atoms with van der Waals surface area (Å²) >= 11 is 5.12. The first-order valence-electron chi connectivity index (χ1n) is 5.78. The molecule has 0 fully saturated rings. The number of aryl methyl sites for hydroxylation is 1. The summed E-state index contributed by atoms with van der Waals surface area (Å²) < 4.78 is 6.96. The lowest BCUT2D eigenvalue weighted by molar-refractivity contribution is 0.305. The molecule has 18 heavy (non-hydrogen) atoms. The van der Waals surface area contributed by atoms with Gasteiger partial charge in [0.2, 0.25) is 0 Å². The predicted molar refractivity (Wildman–Crippen MR) is 80.1 cm³/mol. The van der Waals surface area contributed by atoms with E-state index >= 15 is 0 Å². The van der Waals surface area contributed by atoms with E-state index in [0.717, 1.165) is 15.8 Å². The topological polar surface area (TPSA) is 35.2 Å². The predicted octanol–water partition coefficient (Wildman–Crippen LogP) is 4.42. The molecule has 0 bridgehead atoms. The molecule has 0 aliphatic carbocycles. The molecule has 0 saturated carbocycles. The SMILES string of the molecule is Cc1ccc(OCc2cc(Br)cs2)c(C(C)N)c1. The fourth-order valence-corrected chi connectivity index (χ4v) is 3.10. The monoisotopic (exact) mass is 325 g/mol. The zero-order valence-corrected chi connectivity index (χ0v) is 12.8. The lowest BCUT2D eigenvalue weighted by Crippen LogP contribution is -2.08. The summed E-state index contributed by atoms with van der Waals surface area (Å²) in [5.41, 5.74) is 8.23. The molecule has 1 aromatic heterocycles. The van der Waals surface area contributed by atoms with Crippen molar-refractivity contribution in [3.8, 4) is 5.75 Å². The number of rotatable bonds is 4. The third kappa shape index (κ3) is 3.34. The first kappa shape index (κ1) is 13.6. The van der Waals surface area contributed by atoms with Gasteiger partial charge in [0.15, 0.2) is 0 Å². The maximum absolute atomic E-state index is 5.97. The molecule has 2 N–H and O–H groups in total. The Balaban J connectivity index is 2.13. The second kappa shape index (κ2) is 5.87. The highest BCUT2D eigenvalue weighted by Crippen LogP contribution is 2.27. The lowest BCUT2D eigenvalue weighted by Gasteiger charge is -2.14. The van der Waals surface area contributed by atoms with E-state index in [4.69, 9.17) is 10.5 Å². The quantitative estimate of drug-likeness (QED) is 0.903. The van der Waals surface area contributed by atoms with Crippen LogP contribution in [0.25, 0.3) is 0 Å². The van der Waals surface area contributed by atoms with Crippen LogP contribution in [0.4, 0.5) is 0 Å². The van der Waals surface area contributed by atoms with Gasteiger partial charge < -0.3 is 10.5 Å². The van der Waals surface area contributed by atoms with Gasteiger partial charge in [0.05, 0.1) is 0 Å². The number of ether oxygens (including phenoxy) is 1. The summed E-state index contributed by atoms with van der Waals surface area (Å²) in [7, 11) is 0. The van der Waals surface area contributed by atoms with E-state index in [2.05, 4.69) is 40.4 Å². The van der Waals surface area contributed by atoms with Crippen LogP contribution in [0.15, 0.2) is 34.1 Å². The van der Waals surface area contributed by atoms with E-state index in [1.54, 1.807) is 11.3 Å². The van der Waals surface area contributed by atoms with Crippen molar-refractivity contribution >= 4 is 27.3 Å². The van der Waals surface area contributed by atoms with E-state index < -0.39 is 0 Å². The van der Waals surface area contributed by atoms with Crippen molar-refractivity contribution in [2.75, 3.05) is 0 Å². The standard InChI is InChI=1S/C14H16BrNOS/c1-9-3-4-14(13(5-9)10(2)16)17-7-12-6-11(15)8-18-12/h3-6,8,10H,7,16H2,1-2H3. The molecule has 2 rings (SSSR count). The molecular formula is C14H16BrNOS. The molecular weight excluding hydrogens is 310 g/mol. The van der Waals surface area contributed by atoms with Crippen LogP contribution in [-0.4, -0.2) is 0 Å². The normalized spacial score (nSPS) is 12.4. The molecule has 1 aromatic carbocycles. The molecule has 0 radical (unpaired) electrons. The Morgan fingerprint density at radius 2 is 2.17 bits per heavy atom. The molecule has 4 heteroatoms. The summed E-state index contributed by atoms with van der Waals surface area (Å²) in [6.07, 6.45) is 0. The van der Waals surface area contributed by atoms with Gasteiger partial charge in [-0.15, -0.1) is 11.3 Å². The van der Waals surface area contributed by atoms with Gasteiger partial charge in [-0.1, -0.05) is 17.7 Å². The van der Waals surface area contributed by atoms with Gasteiger partial charge in [0, 0.05) is 26.3 Å². The van der Waals surface area contributed by atoms with Crippen LogP contribution in [-0.2, 0) is 6.61 Å². The van der Waals surface area contributed by atoms with Crippen molar-refractivity contribution < 1.29 is 4.74 Å². The van der Waals surface area contributed by atoms with Crippen LogP contribution in [0.2, 0.25) is 0 Å². The highest BCUT2D eigenvalue weighted by atomic mass is 79.9. The third-order valence-electron chi connectivity index (χ3n) is 2.65. The third-order valence-corrected chi connectivity index (χ3v) is 4.32. The average Bonchev–Trinajstić information content (AvgIpc) is 2.73. The van der Waals surface area contributed by atoms with Gasteiger partial charge in [-0.2, -0.15) is 0 Å². The largest absolute Gasteiger partial charge is 0.488 e. The first-order valence-corrected chi connectivity index (χ1v) is 7.45. The van der Waals surface area contributed by atoms with Crippen molar-refractivity contribution in [1.82, 2.24) is 0 Å². The summed E-state index contributed by atoms with van der Waals surface area (Å²) in [6, 6.07) is 8.19. The van der Waals surface area contributed by atoms with Crippen molar-refractivity contribution in [1.29, 1.82) is 0 Å². The van der Waals surface area contributed by atoms with Crippen molar-refractivity contribution in [3.63, 3.8) is 0 Å². The fourth-order valence-electron chi connectivity index (χ4n) is 1.73. The van der Waals surface area contributed by atoms with Crippen LogP contribution < -0.4 is 10.5 Å². The molecule has 1 heterocycles. The number of hydrogen-bond donors (Lipinski definition) is 1. The molecule has 0 saturated heterocycles. The molecule has 0 spiro atoms. The second-order valence-corrected chi connectivity index (χ2v) is 6.26. The van der Waals surface area contributed by atoms with Gasteiger partial charge >= 0.3 is 0 Å². The molecule has 2 aromatic rings. The van der Waals surface area contributed by atoms with Gasteiger partial charge in [0.25, 0.3) is 0 Å². The van der Waals surface area contributed by atoms with Gasteiger partial charge in [-0.3, -0.25) is 0 Å². The summed E-state index contributed by atoms with van der Waals surface area (Å²) in [5.74, 6) is 0.875. The highest BCUT2D eigenvalue weighted by Gasteiger charge is 2.09. The molecule has 2 nitrogen and oxygen atoms in total. The van der Waals surface area contributed by atoms with Gasteiger partial charge in [-0.05, 0) is 41.9 Å². The van der Waals surface area contributed by atoms with Crippen LogP contribution >= 0.6 is 27.3 Å². The minimum absolute atomic E-state index is 0.0185. The Hall–Kier alpha value is -0.840. The molecule has 96 valence electrons. The van der Waals surface area contributed by atoms with E-state index in [9.17, 15) is 0 Å². The number of nitrogens with two attached hydrogens (primary N) is 1. The van der Waals surface area contributed by atoms with Gasteiger partial charge in [0.1, 0.15) is 12.4 Å². The van der Waals surface area contributed by atoms with E-state index in [1.165, 1.54) is 10.4 Å². The van der Waals surface area contributed by atoms with Crippen LogP contribution in [0, 0.1) is 6.92 Å². The molecule has 0 amide bonds. The van der Waals surface area contributed by atoms with Crippen molar-refractivity contribution in [3.05, 3.63) is 50.1 Å². The Morgan fingerprint density at radius 1 is 1.39 bits per heavy atom. The van der Waals surface area contributed by atoms with Crippen LogP contribution in [0.5, 0.6) is 5.75 Å². The Bertz CT molecular complexity index is 536. The second-order valence-electron chi connectivity index (χ2n) is 4.35. The number of benzene rings is 1. The van der Waals surface area contributed by atoms with E-state index in [-0.39, 0.29) is 6.04 Å². The van der Waals surface area contributed by atoms with Crippen molar-refractivity contribution in [2.24, 2.45) is 5.73 Å². The Labute approximate surface area is 120 Å². The Morgan fingerprint density at radius 3 is 2.78 bits per heavy atom. The summed E-state index contributed by atoms with van der Waals surface area (Å²) in [6.45, 7) is 4.62. The molecule has 1 atom stereocenters. The summed E-state index contributed by atoms with van der Waals surface area (Å²) in [5, 5.41) is 2.06. The minimum Gasteiger partial charge on any atom is -0.488 e. The summed E-state index contributed by atoms with van der Waals surface area (Å²) in [4.78, 5) is 1.19. The maximum Gasteiger partial charge on any atom is 0.124 e. The van der Waals surface area contributed by atoms with E-state index in [1.807, 2.05) is 19.1 Å². The maximum atomic E-state index is 5.97. The smallest absolute Gasteiger partial charge is 0.124 e. The van der Waals surface area contributed by atoms with Crippen molar-refractivity contribution in [2.45, 2.75) is 26.5 Å². The first-order chi connectivity index (χ1) is 8.56.